The molecule has 138 valence electrons. The zero-order valence-corrected chi connectivity index (χ0v) is 14.5. The summed E-state index contributed by atoms with van der Waals surface area (Å²) in [7, 11) is 2.84. The average Bonchev–Trinajstić information content (AvgIpc) is 3.09. The highest BCUT2D eigenvalue weighted by molar-refractivity contribution is 5.94. The molecule has 1 aliphatic carbocycles. The van der Waals surface area contributed by atoms with Gasteiger partial charge in [-0.3, -0.25) is 4.79 Å². The van der Waals surface area contributed by atoms with Crippen LogP contribution in [0.15, 0.2) is 47.7 Å². The molecule has 1 aromatic rings. The molecule has 0 spiro atoms. The summed E-state index contributed by atoms with van der Waals surface area (Å²) in [6.07, 6.45) is 3.39. The molecule has 0 saturated heterocycles. The standard InChI is InChI=1S/C19H20FNO5/c1-24-18(23)14-10-26-19(25-2)16-11(7-8-12(14)16)9-21-17(22)13-5-3-4-6-15(13)20/h3-7,10,12,16,19H,8-9H2,1-2H3,(H,21,22)/t12-,16-,19-/m1/s1. The number of rotatable bonds is 5. The molecule has 1 aliphatic heterocycles. The van der Waals surface area contributed by atoms with Crippen molar-refractivity contribution in [2.75, 3.05) is 20.8 Å². The van der Waals surface area contributed by atoms with Crippen molar-refractivity contribution in [2.24, 2.45) is 11.8 Å². The van der Waals surface area contributed by atoms with Crippen molar-refractivity contribution in [3.05, 3.63) is 59.1 Å². The van der Waals surface area contributed by atoms with E-state index >= 15 is 0 Å². The number of halogens is 1. The number of methoxy groups -OCH3 is 2. The monoisotopic (exact) mass is 361 g/mol. The third-order valence-electron chi connectivity index (χ3n) is 4.74. The second-order valence-electron chi connectivity index (χ2n) is 6.11. The summed E-state index contributed by atoms with van der Waals surface area (Å²) in [5, 5.41) is 2.72. The van der Waals surface area contributed by atoms with Crippen LogP contribution in [0.3, 0.4) is 0 Å². The minimum atomic E-state index is -0.574. The lowest BCUT2D eigenvalue weighted by molar-refractivity contribution is -0.146. The molecular weight excluding hydrogens is 341 g/mol. The number of carbonyl (C=O) groups is 2. The fraction of sp³-hybridized carbons (Fsp3) is 0.368. The molecule has 0 fully saturated rings. The number of amides is 1. The second-order valence-corrected chi connectivity index (χ2v) is 6.11. The van der Waals surface area contributed by atoms with Crippen molar-refractivity contribution in [3.63, 3.8) is 0 Å². The van der Waals surface area contributed by atoms with Crippen LogP contribution in [0.25, 0.3) is 0 Å². The van der Waals surface area contributed by atoms with Crippen LogP contribution in [0.2, 0.25) is 0 Å². The van der Waals surface area contributed by atoms with Crippen LogP contribution in [0.1, 0.15) is 16.8 Å². The van der Waals surface area contributed by atoms with Crippen LogP contribution >= 0.6 is 0 Å². The normalized spacial score (nSPS) is 24.0. The van der Waals surface area contributed by atoms with Crippen LogP contribution in [0.4, 0.5) is 4.39 Å². The van der Waals surface area contributed by atoms with Gasteiger partial charge in [0.15, 0.2) is 0 Å². The summed E-state index contributed by atoms with van der Waals surface area (Å²) in [4.78, 5) is 24.2. The summed E-state index contributed by atoms with van der Waals surface area (Å²) in [6.45, 7) is 0.214. The number of benzene rings is 1. The van der Waals surface area contributed by atoms with E-state index in [0.29, 0.717) is 12.0 Å². The fourth-order valence-corrected chi connectivity index (χ4v) is 3.45. The largest absolute Gasteiger partial charge is 0.471 e. The molecule has 1 heterocycles. The fourth-order valence-electron chi connectivity index (χ4n) is 3.45. The molecule has 6 nitrogen and oxygen atoms in total. The quantitative estimate of drug-likeness (QED) is 0.643. The van der Waals surface area contributed by atoms with Gasteiger partial charge >= 0.3 is 5.97 Å². The van der Waals surface area contributed by atoms with E-state index in [-0.39, 0.29) is 23.9 Å². The van der Waals surface area contributed by atoms with Gasteiger partial charge in [0, 0.05) is 19.6 Å². The third kappa shape index (κ3) is 3.35. The maximum absolute atomic E-state index is 13.7. The zero-order valence-electron chi connectivity index (χ0n) is 14.5. The van der Waals surface area contributed by atoms with Crippen molar-refractivity contribution < 1.29 is 28.2 Å². The highest BCUT2D eigenvalue weighted by Gasteiger charge is 2.44. The molecule has 26 heavy (non-hydrogen) atoms. The van der Waals surface area contributed by atoms with E-state index < -0.39 is 24.0 Å². The molecule has 0 radical (unpaired) electrons. The van der Waals surface area contributed by atoms with Gasteiger partial charge < -0.3 is 19.5 Å². The number of fused-ring (bicyclic) bond motifs is 1. The number of carbonyl (C=O) groups excluding carboxylic acids is 2. The Balaban J connectivity index is 1.72. The van der Waals surface area contributed by atoms with Gasteiger partial charge in [-0.2, -0.15) is 0 Å². The van der Waals surface area contributed by atoms with Crippen LogP contribution in [0, 0.1) is 17.7 Å². The van der Waals surface area contributed by atoms with Gasteiger partial charge in [-0.25, -0.2) is 9.18 Å². The SMILES string of the molecule is COC(=O)C1=CO[C@@H](OC)[C@@H]2C(CNC(=O)c3ccccc3F)=CC[C@H]12. The molecule has 0 aromatic heterocycles. The number of hydrogen-bond donors (Lipinski definition) is 1. The maximum atomic E-state index is 13.7. The lowest BCUT2D eigenvalue weighted by atomic mass is 9.83. The Labute approximate surface area is 150 Å². The number of ether oxygens (including phenoxy) is 3. The predicted octanol–water partition coefficient (Wildman–Crippen LogP) is 2.18. The zero-order chi connectivity index (χ0) is 18.7. The van der Waals surface area contributed by atoms with E-state index in [1.807, 2.05) is 6.08 Å². The van der Waals surface area contributed by atoms with E-state index in [2.05, 4.69) is 5.32 Å². The van der Waals surface area contributed by atoms with Crippen LogP contribution in [-0.2, 0) is 19.0 Å². The summed E-state index contributed by atoms with van der Waals surface area (Å²) >= 11 is 0. The van der Waals surface area contributed by atoms with Crippen LogP contribution in [0.5, 0.6) is 0 Å². The Bertz CT molecular complexity index is 773. The first kappa shape index (κ1) is 18.1. The summed E-state index contributed by atoms with van der Waals surface area (Å²) in [5.74, 6) is -1.88. The molecule has 0 saturated carbocycles. The van der Waals surface area contributed by atoms with E-state index in [4.69, 9.17) is 14.2 Å². The van der Waals surface area contributed by atoms with Gasteiger partial charge in [0.25, 0.3) is 5.91 Å². The highest BCUT2D eigenvalue weighted by Crippen LogP contribution is 2.43. The Morgan fingerprint density at radius 2 is 2.08 bits per heavy atom. The van der Waals surface area contributed by atoms with E-state index in [0.717, 1.165) is 5.57 Å². The molecule has 3 rings (SSSR count). The van der Waals surface area contributed by atoms with E-state index in [9.17, 15) is 14.0 Å². The smallest absolute Gasteiger partial charge is 0.337 e. The first-order valence-electron chi connectivity index (χ1n) is 8.25. The van der Waals surface area contributed by atoms with E-state index in [1.165, 1.54) is 38.7 Å². The van der Waals surface area contributed by atoms with Crippen molar-refractivity contribution >= 4 is 11.9 Å². The summed E-state index contributed by atoms with van der Waals surface area (Å²) < 4.78 is 29.4. The van der Waals surface area contributed by atoms with Crippen molar-refractivity contribution in [1.29, 1.82) is 0 Å². The van der Waals surface area contributed by atoms with Gasteiger partial charge in [-0.1, -0.05) is 18.2 Å². The van der Waals surface area contributed by atoms with Gasteiger partial charge in [-0.15, -0.1) is 0 Å². The number of nitrogens with one attached hydrogen (secondary N) is 1. The highest BCUT2D eigenvalue weighted by atomic mass is 19.1. The number of esters is 1. The first-order valence-corrected chi connectivity index (χ1v) is 8.25. The van der Waals surface area contributed by atoms with Gasteiger partial charge in [-0.05, 0) is 24.1 Å². The summed E-state index contributed by atoms with van der Waals surface area (Å²) in [5.41, 5.74) is 1.31. The Hall–Kier alpha value is -2.67. The predicted molar refractivity (Wildman–Crippen MR) is 90.4 cm³/mol. The topological polar surface area (TPSA) is 73.9 Å². The van der Waals surface area contributed by atoms with Crippen molar-refractivity contribution in [1.82, 2.24) is 5.32 Å². The average molecular weight is 361 g/mol. The number of allylic oxidation sites excluding steroid dienone is 1. The molecule has 1 aromatic carbocycles. The molecule has 7 heteroatoms. The first-order chi connectivity index (χ1) is 12.6. The molecule has 0 unspecified atom stereocenters. The van der Waals surface area contributed by atoms with E-state index in [1.54, 1.807) is 6.07 Å². The minimum absolute atomic E-state index is 0.0130. The maximum Gasteiger partial charge on any atom is 0.337 e. The lowest BCUT2D eigenvalue weighted by Crippen LogP contribution is -2.39. The number of hydrogen-bond acceptors (Lipinski definition) is 5. The van der Waals surface area contributed by atoms with Gasteiger partial charge in [0.05, 0.1) is 30.4 Å². The molecule has 1 N–H and O–H groups in total. The Morgan fingerprint density at radius 3 is 2.77 bits per heavy atom. The Morgan fingerprint density at radius 1 is 1.31 bits per heavy atom. The molecule has 2 aliphatic rings. The second kappa shape index (κ2) is 7.70. The van der Waals surface area contributed by atoms with Gasteiger partial charge in [0.2, 0.25) is 6.29 Å². The molecule has 3 atom stereocenters. The lowest BCUT2D eigenvalue weighted by Gasteiger charge is -2.34. The summed E-state index contributed by atoms with van der Waals surface area (Å²) in [6, 6.07) is 5.80. The molecular formula is C19H20FNO5. The molecule has 1 amide bonds. The third-order valence-corrected chi connectivity index (χ3v) is 4.74. The molecule has 0 bridgehead atoms. The van der Waals surface area contributed by atoms with Crippen molar-refractivity contribution in [2.45, 2.75) is 12.7 Å². The van der Waals surface area contributed by atoms with Gasteiger partial charge in [0.1, 0.15) is 5.82 Å². The van der Waals surface area contributed by atoms with Crippen molar-refractivity contribution in [3.8, 4) is 0 Å². The van der Waals surface area contributed by atoms with Crippen LogP contribution < -0.4 is 5.32 Å². The van der Waals surface area contributed by atoms with Crippen LogP contribution in [-0.4, -0.2) is 38.9 Å². The minimum Gasteiger partial charge on any atom is -0.471 e. The Kier molecular flexibility index (Phi) is 5.37.